The third-order valence-corrected chi connectivity index (χ3v) is 4.08. The predicted molar refractivity (Wildman–Crippen MR) is 74.3 cm³/mol. The number of hydrogen-bond donors (Lipinski definition) is 1. The molecule has 2 rings (SSSR count). The topological polar surface area (TPSA) is 26.0 Å². The summed E-state index contributed by atoms with van der Waals surface area (Å²) in [5.74, 6) is 0.820. The highest BCUT2D eigenvalue weighted by Crippen LogP contribution is 2.38. The van der Waals surface area contributed by atoms with Gasteiger partial charge >= 0.3 is 0 Å². The zero-order valence-corrected chi connectivity index (χ0v) is 11.4. The predicted octanol–water partition coefficient (Wildman–Crippen LogP) is 3.97. The first-order valence-corrected chi connectivity index (χ1v) is 6.85. The lowest BCUT2D eigenvalue weighted by molar-refractivity contribution is 0.414. The summed E-state index contributed by atoms with van der Waals surface area (Å²) in [4.78, 5) is 0. The van der Waals surface area contributed by atoms with Crippen LogP contribution in [0.25, 0.3) is 0 Å². The van der Waals surface area contributed by atoms with Gasteiger partial charge in [-0.25, -0.2) is 0 Å². The zero-order valence-electron chi connectivity index (χ0n) is 11.4. The third-order valence-electron chi connectivity index (χ3n) is 4.08. The van der Waals surface area contributed by atoms with E-state index in [2.05, 4.69) is 45.0 Å². The monoisotopic (exact) mass is 231 g/mol. The summed E-state index contributed by atoms with van der Waals surface area (Å²) in [5.41, 5.74) is 9.12. The summed E-state index contributed by atoms with van der Waals surface area (Å²) in [6, 6.07) is 9.43. The van der Waals surface area contributed by atoms with E-state index in [1.54, 1.807) is 0 Å². The van der Waals surface area contributed by atoms with Crippen LogP contribution in [0.15, 0.2) is 24.3 Å². The maximum atomic E-state index is 5.95. The fourth-order valence-electron chi connectivity index (χ4n) is 2.88. The molecular formula is C16H25N. The number of hydrogen-bond acceptors (Lipinski definition) is 1. The van der Waals surface area contributed by atoms with Crippen LogP contribution in [-0.2, 0) is 5.41 Å². The molecule has 2 N–H and O–H groups in total. The molecule has 0 aromatic heterocycles. The Bertz CT molecular complexity index is 375. The molecule has 17 heavy (non-hydrogen) atoms. The Morgan fingerprint density at radius 1 is 1.35 bits per heavy atom. The third kappa shape index (κ3) is 2.90. The van der Waals surface area contributed by atoms with Crippen LogP contribution in [0.4, 0.5) is 0 Å². The fourth-order valence-corrected chi connectivity index (χ4v) is 2.88. The SMILES string of the molecule is CC(N)CC(C)(C)c1cccc(C2CCC2)c1. The van der Waals surface area contributed by atoms with E-state index in [1.165, 1.54) is 30.4 Å². The molecule has 0 saturated heterocycles. The fraction of sp³-hybridized carbons (Fsp3) is 0.625. The normalized spacial score (nSPS) is 18.8. The standard InChI is InChI=1S/C16H25N/c1-12(17)11-16(2,3)15-9-5-8-14(10-15)13-6-4-7-13/h5,8-10,12-13H,4,6-7,11,17H2,1-3H3. The molecule has 94 valence electrons. The molecule has 0 radical (unpaired) electrons. The Balaban J connectivity index is 2.19. The summed E-state index contributed by atoms with van der Waals surface area (Å²) in [6.45, 7) is 6.70. The van der Waals surface area contributed by atoms with Gasteiger partial charge in [-0.05, 0) is 48.6 Å². The summed E-state index contributed by atoms with van der Waals surface area (Å²) >= 11 is 0. The molecule has 1 atom stereocenters. The van der Waals surface area contributed by atoms with Crippen molar-refractivity contribution in [3.63, 3.8) is 0 Å². The van der Waals surface area contributed by atoms with Gasteiger partial charge in [0.15, 0.2) is 0 Å². The van der Waals surface area contributed by atoms with Gasteiger partial charge in [-0.15, -0.1) is 0 Å². The van der Waals surface area contributed by atoms with E-state index in [9.17, 15) is 0 Å². The summed E-state index contributed by atoms with van der Waals surface area (Å²) in [6.07, 6.45) is 5.19. The molecule has 0 heterocycles. The van der Waals surface area contributed by atoms with Crippen LogP contribution >= 0.6 is 0 Å². The molecule has 1 heteroatoms. The van der Waals surface area contributed by atoms with Gasteiger partial charge in [0.2, 0.25) is 0 Å². The molecule has 1 aliphatic rings. The Labute approximate surface area is 105 Å². The van der Waals surface area contributed by atoms with Gasteiger partial charge in [-0.3, -0.25) is 0 Å². The Kier molecular flexibility index (Phi) is 3.58. The van der Waals surface area contributed by atoms with Crippen molar-refractivity contribution in [3.05, 3.63) is 35.4 Å². The van der Waals surface area contributed by atoms with Crippen molar-refractivity contribution < 1.29 is 0 Å². The number of rotatable bonds is 4. The molecule has 1 saturated carbocycles. The van der Waals surface area contributed by atoms with E-state index in [1.807, 2.05) is 0 Å². The maximum absolute atomic E-state index is 5.95. The molecule has 0 spiro atoms. The van der Waals surface area contributed by atoms with Crippen molar-refractivity contribution >= 4 is 0 Å². The van der Waals surface area contributed by atoms with E-state index in [0.717, 1.165) is 12.3 Å². The first-order valence-electron chi connectivity index (χ1n) is 6.85. The van der Waals surface area contributed by atoms with Gasteiger partial charge in [-0.2, -0.15) is 0 Å². The van der Waals surface area contributed by atoms with Gasteiger partial charge in [0.05, 0.1) is 0 Å². The lowest BCUT2D eigenvalue weighted by atomic mass is 9.75. The highest BCUT2D eigenvalue weighted by molar-refractivity contribution is 5.32. The van der Waals surface area contributed by atoms with Gasteiger partial charge in [0.1, 0.15) is 0 Å². The molecule has 0 aliphatic heterocycles. The van der Waals surface area contributed by atoms with Crippen molar-refractivity contribution in [2.24, 2.45) is 5.73 Å². The average molecular weight is 231 g/mol. The van der Waals surface area contributed by atoms with Crippen LogP contribution in [0.1, 0.15) is 63.5 Å². The highest BCUT2D eigenvalue weighted by Gasteiger charge is 2.24. The quantitative estimate of drug-likeness (QED) is 0.833. The van der Waals surface area contributed by atoms with E-state index < -0.39 is 0 Å². The minimum absolute atomic E-state index is 0.188. The molecule has 0 amide bonds. The summed E-state index contributed by atoms with van der Waals surface area (Å²) in [7, 11) is 0. The number of benzene rings is 1. The van der Waals surface area contributed by atoms with Crippen molar-refractivity contribution in [1.29, 1.82) is 0 Å². The molecule has 0 bridgehead atoms. The second-order valence-corrected chi connectivity index (χ2v) is 6.32. The molecule has 1 nitrogen and oxygen atoms in total. The average Bonchev–Trinajstić information content (AvgIpc) is 2.13. The van der Waals surface area contributed by atoms with E-state index in [0.29, 0.717) is 0 Å². The molecule has 1 aromatic carbocycles. The zero-order chi connectivity index (χ0) is 12.5. The maximum Gasteiger partial charge on any atom is 0.00187 e. The van der Waals surface area contributed by atoms with E-state index in [4.69, 9.17) is 5.73 Å². The molecule has 1 unspecified atom stereocenters. The Morgan fingerprint density at radius 2 is 2.06 bits per heavy atom. The van der Waals surface area contributed by atoms with Crippen LogP contribution in [0.5, 0.6) is 0 Å². The van der Waals surface area contributed by atoms with Crippen molar-refractivity contribution in [1.82, 2.24) is 0 Å². The van der Waals surface area contributed by atoms with Crippen LogP contribution in [-0.4, -0.2) is 6.04 Å². The van der Waals surface area contributed by atoms with Gasteiger partial charge in [0, 0.05) is 6.04 Å². The second kappa shape index (κ2) is 4.81. The Morgan fingerprint density at radius 3 is 2.59 bits per heavy atom. The molecular weight excluding hydrogens is 206 g/mol. The molecule has 1 aromatic rings. The van der Waals surface area contributed by atoms with Crippen LogP contribution in [0, 0.1) is 0 Å². The largest absolute Gasteiger partial charge is 0.328 e. The Hall–Kier alpha value is -0.820. The van der Waals surface area contributed by atoms with Gasteiger partial charge < -0.3 is 5.73 Å². The van der Waals surface area contributed by atoms with Crippen LogP contribution in [0.3, 0.4) is 0 Å². The van der Waals surface area contributed by atoms with Crippen molar-refractivity contribution in [2.75, 3.05) is 0 Å². The summed E-state index contributed by atoms with van der Waals surface area (Å²) < 4.78 is 0. The van der Waals surface area contributed by atoms with Crippen molar-refractivity contribution in [2.45, 2.75) is 63.8 Å². The van der Waals surface area contributed by atoms with Gasteiger partial charge in [-0.1, -0.05) is 44.5 Å². The highest BCUT2D eigenvalue weighted by atomic mass is 14.6. The van der Waals surface area contributed by atoms with Gasteiger partial charge in [0.25, 0.3) is 0 Å². The van der Waals surface area contributed by atoms with E-state index >= 15 is 0 Å². The molecule has 1 aliphatic carbocycles. The lowest BCUT2D eigenvalue weighted by Gasteiger charge is -2.30. The molecule has 1 fully saturated rings. The minimum Gasteiger partial charge on any atom is -0.328 e. The van der Waals surface area contributed by atoms with Crippen molar-refractivity contribution in [3.8, 4) is 0 Å². The van der Waals surface area contributed by atoms with E-state index in [-0.39, 0.29) is 11.5 Å². The van der Waals surface area contributed by atoms with Crippen LogP contribution in [0.2, 0.25) is 0 Å². The smallest absolute Gasteiger partial charge is 0.00187 e. The lowest BCUT2D eigenvalue weighted by Crippen LogP contribution is -2.28. The first-order chi connectivity index (χ1) is 7.99. The number of nitrogens with two attached hydrogens (primary N) is 1. The minimum atomic E-state index is 0.188. The van der Waals surface area contributed by atoms with Crippen LogP contribution < -0.4 is 5.73 Å². The second-order valence-electron chi connectivity index (χ2n) is 6.32. The first kappa shape index (κ1) is 12.6. The summed E-state index contributed by atoms with van der Waals surface area (Å²) in [5, 5.41) is 0.